The first kappa shape index (κ1) is 12.3. The van der Waals surface area contributed by atoms with Gasteiger partial charge < -0.3 is 11.1 Å². The number of hydrogen-bond acceptors (Lipinski definition) is 2. The Hall–Kier alpha value is -1.16. The minimum absolute atomic E-state index is 0.0117. The van der Waals surface area contributed by atoms with E-state index in [1.807, 2.05) is 0 Å². The topological polar surface area (TPSA) is 38.0 Å². The Morgan fingerprint density at radius 2 is 1.71 bits per heavy atom. The van der Waals surface area contributed by atoms with Crippen LogP contribution in [-0.4, -0.2) is 12.6 Å². The number of para-hydroxylation sites is 1. The molecule has 0 spiro atoms. The first-order valence-electron chi connectivity index (χ1n) is 6.10. The van der Waals surface area contributed by atoms with Crippen LogP contribution in [0.25, 0.3) is 0 Å². The fourth-order valence-corrected chi connectivity index (χ4v) is 2.31. The minimum atomic E-state index is -0.530. The van der Waals surface area contributed by atoms with Crippen LogP contribution in [0.3, 0.4) is 0 Å². The lowest BCUT2D eigenvalue weighted by Gasteiger charge is -2.26. The number of anilines is 1. The lowest BCUT2D eigenvalue weighted by atomic mass is 9.86. The first-order valence-corrected chi connectivity index (χ1v) is 6.10. The van der Waals surface area contributed by atoms with Crippen LogP contribution in [0.4, 0.5) is 14.5 Å². The molecule has 1 fully saturated rings. The molecule has 1 aromatic carbocycles. The lowest BCUT2D eigenvalue weighted by Crippen LogP contribution is -2.29. The van der Waals surface area contributed by atoms with Crippen LogP contribution in [0.1, 0.15) is 25.7 Å². The van der Waals surface area contributed by atoms with Gasteiger partial charge in [-0.15, -0.1) is 0 Å². The van der Waals surface area contributed by atoms with Crippen LogP contribution in [0.15, 0.2) is 18.2 Å². The summed E-state index contributed by atoms with van der Waals surface area (Å²) in [5.41, 5.74) is 5.80. The van der Waals surface area contributed by atoms with E-state index >= 15 is 0 Å². The highest BCUT2D eigenvalue weighted by Gasteiger charge is 2.19. The second-order valence-corrected chi connectivity index (χ2v) is 4.76. The molecule has 0 bridgehead atoms. The van der Waals surface area contributed by atoms with Gasteiger partial charge in [0.1, 0.15) is 17.3 Å². The Labute approximate surface area is 100 Å². The molecule has 0 radical (unpaired) electrons. The van der Waals surface area contributed by atoms with Crippen LogP contribution in [0, 0.1) is 17.6 Å². The maximum absolute atomic E-state index is 13.3. The summed E-state index contributed by atoms with van der Waals surface area (Å²) in [5, 5.41) is 2.87. The van der Waals surface area contributed by atoms with E-state index in [4.69, 9.17) is 5.73 Å². The quantitative estimate of drug-likeness (QED) is 0.852. The Morgan fingerprint density at radius 1 is 1.12 bits per heavy atom. The summed E-state index contributed by atoms with van der Waals surface area (Å²) >= 11 is 0. The predicted molar refractivity (Wildman–Crippen MR) is 64.8 cm³/mol. The second kappa shape index (κ2) is 5.45. The standard InChI is InChI=1S/C13H18F2N2/c14-11-2-1-3-12(15)13(11)17-8-9-4-6-10(16)7-5-9/h1-3,9-10,17H,4-8,16H2/t9-,10-. The Morgan fingerprint density at radius 3 is 2.29 bits per heavy atom. The van der Waals surface area contributed by atoms with Gasteiger partial charge in [0.25, 0.3) is 0 Å². The number of halogens is 2. The summed E-state index contributed by atoms with van der Waals surface area (Å²) in [7, 11) is 0. The van der Waals surface area contributed by atoms with Crippen LogP contribution in [0.2, 0.25) is 0 Å². The molecule has 0 saturated heterocycles. The van der Waals surface area contributed by atoms with E-state index in [9.17, 15) is 8.78 Å². The lowest BCUT2D eigenvalue weighted by molar-refractivity contribution is 0.338. The van der Waals surface area contributed by atoms with Crippen molar-refractivity contribution in [3.63, 3.8) is 0 Å². The number of hydrogen-bond donors (Lipinski definition) is 2. The van der Waals surface area contributed by atoms with Crippen molar-refractivity contribution in [2.75, 3.05) is 11.9 Å². The summed E-state index contributed by atoms with van der Waals surface area (Å²) in [6, 6.07) is 4.20. The largest absolute Gasteiger partial charge is 0.380 e. The van der Waals surface area contributed by atoms with Gasteiger partial charge in [0.15, 0.2) is 0 Å². The highest BCUT2D eigenvalue weighted by molar-refractivity contribution is 5.45. The minimum Gasteiger partial charge on any atom is -0.380 e. The fourth-order valence-electron chi connectivity index (χ4n) is 2.31. The van der Waals surface area contributed by atoms with E-state index in [-0.39, 0.29) is 5.69 Å². The molecule has 1 saturated carbocycles. The number of nitrogens with one attached hydrogen (secondary N) is 1. The van der Waals surface area contributed by atoms with Crippen molar-refractivity contribution < 1.29 is 8.78 Å². The average Bonchev–Trinajstić information content (AvgIpc) is 2.31. The first-order chi connectivity index (χ1) is 8.16. The maximum atomic E-state index is 13.3. The molecule has 0 unspecified atom stereocenters. The summed E-state index contributed by atoms with van der Waals surface area (Å²) in [6.07, 6.45) is 4.08. The molecular formula is C13H18F2N2. The van der Waals surface area contributed by atoms with Gasteiger partial charge in [-0.05, 0) is 43.7 Å². The van der Waals surface area contributed by atoms with Gasteiger partial charge in [0, 0.05) is 12.6 Å². The summed E-state index contributed by atoms with van der Waals surface area (Å²) in [6.45, 7) is 0.616. The van der Waals surface area contributed by atoms with Crippen LogP contribution in [-0.2, 0) is 0 Å². The van der Waals surface area contributed by atoms with Crippen molar-refractivity contribution in [1.82, 2.24) is 0 Å². The fraction of sp³-hybridized carbons (Fsp3) is 0.538. The van der Waals surface area contributed by atoms with Crippen molar-refractivity contribution in [3.05, 3.63) is 29.8 Å². The monoisotopic (exact) mass is 240 g/mol. The number of rotatable bonds is 3. The van der Waals surface area contributed by atoms with E-state index in [0.29, 0.717) is 18.5 Å². The zero-order valence-corrected chi connectivity index (χ0v) is 9.76. The molecule has 1 aliphatic rings. The Kier molecular flexibility index (Phi) is 3.94. The Bertz CT molecular complexity index is 353. The summed E-state index contributed by atoms with van der Waals surface area (Å²) in [5.74, 6) is -0.594. The summed E-state index contributed by atoms with van der Waals surface area (Å²) in [4.78, 5) is 0. The van der Waals surface area contributed by atoms with E-state index in [1.165, 1.54) is 18.2 Å². The van der Waals surface area contributed by atoms with Gasteiger partial charge in [0.2, 0.25) is 0 Å². The third kappa shape index (κ3) is 3.16. The molecule has 2 nitrogen and oxygen atoms in total. The molecule has 0 aromatic heterocycles. The molecular weight excluding hydrogens is 222 g/mol. The molecule has 0 atom stereocenters. The molecule has 1 aliphatic carbocycles. The number of nitrogens with two attached hydrogens (primary N) is 1. The van der Waals surface area contributed by atoms with Crippen LogP contribution < -0.4 is 11.1 Å². The van der Waals surface area contributed by atoms with Gasteiger partial charge in [0.05, 0.1) is 0 Å². The van der Waals surface area contributed by atoms with E-state index in [1.54, 1.807) is 0 Å². The van der Waals surface area contributed by atoms with Crippen LogP contribution >= 0.6 is 0 Å². The predicted octanol–water partition coefficient (Wildman–Crippen LogP) is 2.89. The summed E-state index contributed by atoms with van der Waals surface area (Å²) < 4.78 is 26.7. The maximum Gasteiger partial charge on any atom is 0.149 e. The molecule has 1 aromatic rings. The van der Waals surface area contributed by atoms with Gasteiger partial charge >= 0.3 is 0 Å². The third-order valence-electron chi connectivity index (χ3n) is 3.42. The molecule has 17 heavy (non-hydrogen) atoms. The van der Waals surface area contributed by atoms with E-state index in [2.05, 4.69) is 5.32 Å². The molecule has 0 aliphatic heterocycles. The van der Waals surface area contributed by atoms with Crippen molar-refractivity contribution in [2.24, 2.45) is 11.7 Å². The molecule has 4 heteroatoms. The third-order valence-corrected chi connectivity index (χ3v) is 3.42. The van der Waals surface area contributed by atoms with Crippen molar-refractivity contribution in [3.8, 4) is 0 Å². The second-order valence-electron chi connectivity index (χ2n) is 4.76. The molecule has 0 amide bonds. The van der Waals surface area contributed by atoms with Crippen molar-refractivity contribution in [2.45, 2.75) is 31.7 Å². The molecule has 0 heterocycles. The van der Waals surface area contributed by atoms with Gasteiger partial charge in [-0.25, -0.2) is 8.78 Å². The highest BCUT2D eigenvalue weighted by atomic mass is 19.1. The highest BCUT2D eigenvalue weighted by Crippen LogP contribution is 2.25. The molecule has 94 valence electrons. The zero-order valence-electron chi connectivity index (χ0n) is 9.76. The number of benzene rings is 1. The SMILES string of the molecule is N[C@H]1CC[C@H](CNc2c(F)cccc2F)CC1. The van der Waals surface area contributed by atoms with Gasteiger partial charge in [-0.1, -0.05) is 6.07 Å². The Balaban J connectivity index is 1.89. The smallest absolute Gasteiger partial charge is 0.149 e. The zero-order chi connectivity index (χ0) is 12.3. The van der Waals surface area contributed by atoms with Gasteiger partial charge in [-0.2, -0.15) is 0 Å². The van der Waals surface area contributed by atoms with Crippen molar-refractivity contribution >= 4 is 5.69 Å². The normalized spacial score (nSPS) is 24.6. The average molecular weight is 240 g/mol. The van der Waals surface area contributed by atoms with E-state index < -0.39 is 11.6 Å². The molecule has 3 N–H and O–H groups in total. The molecule has 2 rings (SSSR count). The van der Waals surface area contributed by atoms with Gasteiger partial charge in [-0.3, -0.25) is 0 Å². The van der Waals surface area contributed by atoms with Crippen molar-refractivity contribution in [1.29, 1.82) is 0 Å². The van der Waals surface area contributed by atoms with E-state index in [0.717, 1.165) is 25.7 Å². The van der Waals surface area contributed by atoms with Crippen LogP contribution in [0.5, 0.6) is 0 Å².